The molecule has 0 saturated heterocycles. The predicted octanol–water partition coefficient (Wildman–Crippen LogP) is 3.35. The van der Waals surface area contributed by atoms with Crippen LogP contribution in [0.3, 0.4) is 0 Å². The van der Waals surface area contributed by atoms with Crippen molar-refractivity contribution < 1.29 is 9.31 Å². The van der Waals surface area contributed by atoms with Crippen LogP contribution in [0.4, 0.5) is 10.1 Å². The van der Waals surface area contributed by atoms with Gasteiger partial charge in [-0.05, 0) is 18.1 Å². The van der Waals surface area contributed by atoms with Crippen LogP contribution in [-0.4, -0.2) is 4.92 Å². The summed E-state index contributed by atoms with van der Waals surface area (Å²) in [4.78, 5) is 9.80. The SMILES string of the molecule is CCCC[C@H](N)c1ccc(F)c([N+](=O)[O-])c1.Cl. The predicted molar refractivity (Wildman–Crippen MR) is 66.8 cm³/mol. The average molecular weight is 263 g/mol. The van der Waals surface area contributed by atoms with E-state index in [0.717, 1.165) is 25.3 Å². The molecule has 0 bridgehead atoms. The zero-order valence-corrected chi connectivity index (χ0v) is 10.4. The molecule has 0 fully saturated rings. The van der Waals surface area contributed by atoms with E-state index in [4.69, 9.17) is 5.73 Å². The summed E-state index contributed by atoms with van der Waals surface area (Å²) in [6.07, 6.45) is 2.71. The van der Waals surface area contributed by atoms with Gasteiger partial charge in [0.25, 0.3) is 0 Å². The van der Waals surface area contributed by atoms with Crippen LogP contribution in [0, 0.1) is 15.9 Å². The molecular weight excluding hydrogens is 247 g/mol. The molecule has 0 spiro atoms. The van der Waals surface area contributed by atoms with Crippen molar-refractivity contribution in [1.82, 2.24) is 0 Å². The smallest absolute Gasteiger partial charge is 0.305 e. The minimum Gasteiger partial charge on any atom is -0.324 e. The fourth-order valence-corrected chi connectivity index (χ4v) is 1.49. The third-order valence-corrected chi connectivity index (χ3v) is 2.46. The van der Waals surface area contributed by atoms with Gasteiger partial charge in [-0.2, -0.15) is 4.39 Å². The summed E-state index contributed by atoms with van der Waals surface area (Å²) in [6.45, 7) is 2.04. The van der Waals surface area contributed by atoms with Crippen LogP contribution < -0.4 is 5.73 Å². The minimum atomic E-state index is -0.823. The molecule has 0 unspecified atom stereocenters. The molecule has 6 heteroatoms. The van der Waals surface area contributed by atoms with Gasteiger partial charge in [0.2, 0.25) is 5.82 Å². The maximum atomic E-state index is 13.1. The monoisotopic (exact) mass is 262 g/mol. The maximum Gasteiger partial charge on any atom is 0.305 e. The summed E-state index contributed by atoms with van der Waals surface area (Å²) in [7, 11) is 0. The van der Waals surface area contributed by atoms with Crippen molar-refractivity contribution in [3.8, 4) is 0 Å². The largest absolute Gasteiger partial charge is 0.324 e. The lowest BCUT2D eigenvalue weighted by atomic mass is 10.0. The first-order chi connectivity index (χ1) is 7.56. The van der Waals surface area contributed by atoms with Gasteiger partial charge in [-0.15, -0.1) is 12.4 Å². The Morgan fingerprint density at radius 1 is 1.53 bits per heavy atom. The molecule has 0 radical (unpaired) electrons. The van der Waals surface area contributed by atoms with E-state index in [2.05, 4.69) is 0 Å². The van der Waals surface area contributed by atoms with Crippen molar-refractivity contribution in [2.45, 2.75) is 32.2 Å². The number of nitro groups is 1. The molecular formula is C11H16ClFN2O2. The molecule has 0 aromatic heterocycles. The van der Waals surface area contributed by atoms with Crippen molar-refractivity contribution in [2.75, 3.05) is 0 Å². The fourth-order valence-electron chi connectivity index (χ4n) is 1.49. The normalized spacial score (nSPS) is 11.7. The van der Waals surface area contributed by atoms with E-state index in [1.165, 1.54) is 12.1 Å². The molecule has 0 aliphatic rings. The van der Waals surface area contributed by atoms with Gasteiger partial charge in [-0.25, -0.2) is 0 Å². The molecule has 0 aliphatic carbocycles. The molecule has 1 aromatic carbocycles. The molecule has 1 atom stereocenters. The Morgan fingerprint density at radius 3 is 2.71 bits per heavy atom. The summed E-state index contributed by atoms with van der Waals surface area (Å²) in [5.41, 5.74) is 5.96. The second-order valence-corrected chi connectivity index (χ2v) is 3.72. The van der Waals surface area contributed by atoms with Crippen LogP contribution in [0.5, 0.6) is 0 Å². The Balaban J connectivity index is 0.00000256. The van der Waals surface area contributed by atoms with Gasteiger partial charge in [0.1, 0.15) is 0 Å². The molecule has 1 aromatic rings. The Morgan fingerprint density at radius 2 is 2.18 bits per heavy atom. The van der Waals surface area contributed by atoms with Crippen molar-refractivity contribution in [1.29, 1.82) is 0 Å². The topological polar surface area (TPSA) is 69.2 Å². The van der Waals surface area contributed by atoms with E-state index in [9.17, 15) is 14.5 Å². The summed E-state index contributed by atoms with van der Waals surface area (Å²) in [5.74, 6) is -0.823. The number of hydrogen-bond donors (Lipinski definition) is 1. The highest BCUT2D eigenvalue weighted by Crippen LogP contribution is 2.24. The van der Waals surface area contributed by atoms with Gasteiger partial charge in [0.05, 0.1) is 4.92 Å². The zero-order valence-electron chi connectivity index (χ0n) is 9.56. The first kappa shape index (κ1) is 15.8. The Hall–Kier alpha value is -1.20. The van der Waals surface area contributed by atoms with Crippen LogP contribution in [-0.2, 0) is 0 Å². The second-order valence-electron chi connectivity index (χ2n) is 3.72. The summed E-state index contributed by atoms with van der Waals surface area (Å²) in [6, 6.07) is 3.55. The lowest BCUT2D eigenvalue weighted by Crippen LogP contribution is -2.10. The van der Waals surface area contributed by atoms with Gasteiger partial charge >= 0.3 is 5.69 Å². The standard InChI is InChI=1S/C11H15FN2O2.ClH/c1-2-3-4-10(13)8-5-6-9(12)11(7-8)14(15)16;/h5-7,10H,2-4,13H2,1H3;1H/t10-;/m0./s1. The van der Waals surface area contributed by atoms with Crippen molar-refractivity contribution in [2.24, 2.45) is 5.73 Å². The van der Waals surface area contributed by atoms with E-state index in [-0.39, 0.29) is 18.4 Å². The van der Waals surface area contributed by atoms with E-state index in [0.29, 0.717) is 5.56 Å². The number of nitro benzene ring substituents is 1. The van der Waals surface area contributed by atoms with Crippen LogP contribution in [0.15, 0.2) is 18.2 Å². The molecule has 17 heavy (non-hydrogen) atoms. The van der Waals surface area contributed by atoms with E-state index < -0.39 is 16.4 Å². The molecule has 0 saturated carbocycles. The van der Waals surface area contributed by atoms with Gasteiger partial charge in [-0.3, -0.25) is 10.1 Å². The minimum absolute atomic E-state index is 0. The van der Waals surface area contributed by atoms with Crippen LogP contribution in [0.25, 0.3) is 0 Å². The zero-order chi connectivity index (χ0) is 12.1. The number of halogens is 2. The molecule has 0 amide bonds. The van der Waals surface area contributed by atoms with Gasteiger partial charge in [-0.1, -0.05) is 25.8 Å². The van der Waals surface area contributed by atoms with Gasteiger partial charge < -0.3 is 5.73 Å². The number of nitrogens with two attached hydrogens (primary N) is 1. The summed E-state index contributed by atoms with van der Waals surface area (Å²) >= 11 is 0. The third-order valence-electron chi connectivity index (χ3n) is 2.46. The molecule has 0 aliphatic heterocycles. The fraction of sp³-hybridized carbons (Fsp3) is 0.455. The Bertz CT molecular complexity index is 388. The lowest BCUT2D eigenvalue weighted by Gasteiger charge is -2.10. The molecule has 96 valence electrons. The number of rotatable bonds is 5. The van der Waals surface area contributed by atoms with Crippen molar-refractivity contribution in [3.05, 3.63) is 39.7 Å². The maximum absolute atomic E-state index is 13.1. The molecule has 0 heterocycles. The first-order valence-corrected chi connectivity index (χ1v) is 5.25. The third kappa shape index (κ3) is 4.28. The quantitative estimate of drug-likeness (QED) is 0.653. The van der Waals surface area contributed by atoms with Crippen LogP contribution >= 0.6 is 12.4 Å². The van der Waals surface area contributed by atoms with E-state index in [1.54, 1.807) is 0 Å². The number of benzene rings is 1. The first-order valence-electron chi connectivity index (χ1n) is 5.25. The molecule has 1 rings (SSSR count). The van der Waals surface area contributed by atoms with Crippen LogP contribution in [0.2, 0.25) is 0 Å². The second kappa shape index (κ2) is 7.19. The summed E-state index contributed by atoms with van der Waals surface area (Å²) in [5, 5.41) is 10.5. The van der Waals surface area contributed by atoms with Crippen LogP contribution in [0.1, 0.15) is 37.8 Å². The highest BCUT2D eigenvalue weighted by Gasteiger charge is 2.16. The number of nitrogens with zero attached hydrogens (tertiary/aromatic N) is 1. The van der Waals surface area contributed by atoms with E-state index in [1.807, 2.05) is 6.92 Å². The van der Waals surface area contributed by atoms with E-state index >= 15 is 0 Å². The highest BCUT2D eigenvalue weighted by atomic mass is 35.5. The van der Waals surface area contributed by atoms with Crippen molar-refractivity contribution >= 4 is 18.1 Å². The Labute approximate surface area is 106 Å². The summed E-state index contributed by atoms with van der Waals surface area (Å²) < 4.78 is 13.1. The number of hydrogen-bond acceptors (Lipinski definition) is 3. The van der Waals surface area contributed by atoms with Crippen molar-refractivity contribution in [3.63, 3.8) is 0 Å². The average Bonchev–Trinajstić information content (AvgIpc) is 2.26. The van der Waals surface area contributed by atoms with Gasteiger partial charge in [0, 0.05) is 12.1 Å². The molecule has 4 nitrogen and oxygen atoms in total. The Kier molecular flexibility index (Phi) is 6.68. The lowest BCUT2D eigenvalue weighted by molar-refractivity contribution is -0.387. The number of unbranched alkanes of at least 4 members (excludes halogenated alkanes) is 1. The molecule has 2 N–H and O–H groups in total. The van der Waals surface area contributed by atoms with Gasteiger partial charge in [0.15, 0.2) is 0 Å². The highest BCUT2D eigenvalue weighted by molar-refractivity contribution is 5.85.